The van der Waals surface area contributed by atoms with E-state index in [0.717, 1.165) is 36.5 Å². The van der Waals surface area contributed by atoms with Gasteiger partial charge in [0.1, 0.15) is 5.82 Å². The highest BCUT2D eigenvalue weighted by atomic mass is 32.1. The SMILES string of the molecule is CC1OC(CC2(C)CCCCN2C(=S)NC(C)c2ccc(F)cc2)O1. The Balaban J connectivity index is 1.64. The minimum atomic E-state index is -0.225. The largest absolute Gasteiger partial charge is 0.356 e. The molecule has 3 rings (SSSR count). The minimum absolute atomic E-state index is 0.0236. The van der Waals surface area contributed by atoms with Crippen molar-refractivity contribution in [2.75, 3.05) is 6.54 Å². The van der Waals surface area contributed by atoms with Gasteiger partial charge in [0.2, 0.25) is 0 Å². The first-order valence-corrected chi connectivity index (χ1v) is 9.43. The molecule has 0 saturated carbocycles. The third kappa shape index (κ3) is 4.30. The van der Waals surface area contributed by atoms with Gasteiger partial charge in [0.25, 0.3) is 0 Å². The molecule has 0 aliphatic carbocycles. The summed E-state index contributed by atoms with van der Waals surface area (Å²) in [7, 11) is 0. The molecular formula is C19H27FN2O2S. The Morgan fingerprint density at radius 3 is 2.68 bits per heavy atom. The number of benzene rings is 1. The Morgan fingerprint density at radius 1 is 1.36 bits per heavy atom. The normalized spacial score (nSPS) is 30.5. The lowest BCUT2D eigenvalue weighted by molar-refractivity contribution is -0.382. The molecule has 0 spiro atoms. The molecule has 2 heterocycles. The summed E-state index contributed by atoms with van der Waals surface area (Å²) >= 11 is 5.71. The van der Waals surface area contributed by atoms with Crippen molar-refractivity contribution in [1.82, 2.24) is 10.2 Å². The first-order chi connectivity index (χ1) is 11.9. The Bertz CT molecular complexity index is 606. The van der Waals surface area contributed by atoms with E-state index in [9.17, 15) is 4.39 Å². The zero-order valence-electron chi connectivity index (χ0n) is 15.1. The first kappa shape index (κ1) is 18.5. The van der Waals surface area contributed by atoms with Crippen molar-refractivity contribution in [3.63, 3.8) is 0 Å². The third-order valence-electron chi connectivity index (χ3n) is 5.25. The molecule has 2 atom stereocenters. The predicted molar refractivity (Wildman–Crippen MR) is 99.5 cm³/mol. The number of nitrogens with zero attached hydrogens (tertiary/aromatic N) is 1. The summed E-state index contributed by atoms with van der Waals surface area (Å²) in [4.78, 5) is 2.28. The van der Waals surface area contributed by atoms with E-state index in [1.807, 2.05) is 13.8 Å². The van der Waals surface area contributed by atoms with E-state index in [4.69, 9.17) is 21.7 Å². The zero-order chi connectivity index (χ0) is 18.0. The summed E-state index contributed by atoms with van der Waals surface area (Å²) < 4.78 is 24.4. The zero-order valence-corrected chi connectivity index (χ0v) is 15.9. The van der Waals surface area contributed by atoms with Crippen molar-refractivity contribution < 1.29 is 13.9 Å². The van der Waals surface area contributed by atoms with Crippen LogP contribution >= 0.6 is 12.2 Å². The molecule has 1 aromatic carbocycles. The number of hydrogen-bond acceptors (Lipinski definition) is 3. The van der Waals surface area contributed by atoms with Gasteiger partial charge in [-0.3, -0.25) is 0 Å². The molecule has 6 heteroatoms. The molecule has 0 radical (unpaired) electrons. The van der Waals surface area contributed by atoms with Crippen molar-refractivity contribution in [2.24, 2.45) is 0 Å². The third-order valence-corrected chi connectivity index (χ3v) is 5.59. The van der Waals surface area contributed by atoms with Crippen LogP contribution < -0.4 is 5.32 Å². The maximum atomic E-state index is 13.1. The standard InChI is InChI=1S/C19H27FN2O2S/c1-13(15-6-8-16(20)9-7-15)21-18(25)22-11-5-4-10-19(22,3)12-17-23-14(2)24-17/h6-9,13-14,17H,4-5,10-12H2,1-3H3,(H,21,25). The van der Waals surface area contributed by atoms with Crippen molar-refractivity contribution in [2.45, 2.75) is 70.6 Å². The lowest BCUT2D eigenvalue weighted by atomic mass is 9.85. The first-order valence-electron chi connectivity index (χ1n) is 9.02. The number of hydrogen-bond donors (Lipinski definition) is 1. The summed E-state index contributed by atoms with van der Waals surface area (Å²) in [6, 6.07) is 6.57. The Kier molecular flexibility index (Phi) is 5.61. The number of halogens is 1. The van der Waals surface area contributed by atoms with Crippen molar-refractivity contribution in [3.8, 4) is 0 Å². The van der Waals surface area contributed by atoms with Crippen LogP contribution in [0.3, 0.4) is 0 Å². The smallest absolute Gasteiger partial charge is 0.169 e. The number of likely N-dealkylation sites (tertiary alicyclic amines) is 1. The highest BCUT2D eigenvalue weighted by Crippen LogP contribution is 2.36. The van der Waals surface area contributed by atoms with Crippen LogP contribution in [0.5, 0.6) is 0 Å². The fraction of sp³-hybridized carbons (Fsp3) is 0.632. The molecule has 1 N–H and O–H groups in total. The molecule has 2 aliphatic heterocycles. The molecule has 138 valence electrons. The van der Waals surface area contributed by atoms with Gasteiger partial charge >= 0.3 is 0 Å². The van der Waals surface area contributed by atoms with Crippen LogP contribution in [0.25, 0.3) is 0 Å². The van der Waals surface area contributed by atoms with Gasteiger partial charge in [0, 0.05) is 18.5 Å². The van der Waals surface area contributed by atoms with Crippen LogP contribution in [0.15, 0.2) is 24.3 Å². The van der Waals surface area contributed by atoms with E-state index >= 15 is 0 Å². The topological polar surface area (TPSA) is 33.7 Å². The van der Waals surface area contributed by atoms with Crippen LogP contribution in [0.1, 0.15) is 58.1 Å². The Hall–Kier alpha value is -1.24. The molecule has 0 aromatic heterocycles. The van der Waals surface area contributed by atoms with Crippen molar-refractivity contribution in [1.29, 1.82) is 0 Å². The van der Waals surface area contributed by atoms with Crippen LogP contribution in [-0.4, -0.2) is 34.7 Å². The van der Waals surface area contributed by atoms with Gasteiger partial charge in [-0.15, -0.1) is 0 Å². The second-order valence-corrected chi connectivity index (χ2v) is 7.69. The number of nitrogens with one attached hydrogen (secondary N) is 1. The van der Waals surface area contributed by atoms with Crippen LogP contribution in [-0.2, 0) is 9.47 Å². The number of piperidine rings is 1. The Morgan fingerprint density at radius 2 is 2.04 bits per heavy atom. The average molecular weight is 367 g/mol. The molecule has 1 aromatic rings. The summed E-state index contributed by atoms with van der Waals surface area (Å²) in [6.07, 6.45) is 3.95. The molecule has 0 bridgehead atoms. The average Bonchev–Trinajstić information content (AvgIpc) is 2.54. The van der Waals surface area contributed by atoms with E-state index in [-0.39, 0.29) is 30.0 Å². The van der Waals surface area contributed by atoms with Crippen molar-refractivity contribution >= 4 is 17.3 Å². The lowest BCUT2D eigenvalue weighted by Gasteiger charge is -2.49. The maximum Gasteiger partial charge on any atom is 0.169 e. The fourth-order valence-electron chi connectivity index (χ4n) is 3.73. The van der Waals surface area contributed by atoms with Crippen molar-refractivity contribution in [3.05, 3.63) is 35.6 Å². The fourth-order valence-corrected chi connectivity index (χ4v) is 4.22. The van der Waals surface area contributed by atoms with E-state index < -0.39 is 0 Å². The van der Waals surface area contributed by atoms with Gasteiger partial charge in [-0.2, -0.15) is 0 Å². The molecule has 0 amide bonds. The van der Waals surface area contributed by atoms with Crippen LogP contribution in [0, 0.1) is 5.82 Å². The molecule has 4 nitrogen and oxygen atoms in total. The Labute approximate surface area is 154 Å². The van der Waals surface area contributed by atoms with Gasteiger partial charge in [0.15, 0.2) is 17.7 Å². The molecule has 2 aliphatic rings. The summed E-state index contributed by atoms with van der Waals surface area (Å²) in [5, 5.41) is 4.15. The van der Waals surface area contributed by atoms with Gasteiger partial charge < -0.3 is 19.7 Å². The van der Waals surface area contributed by atoms with E-state index in [0.29, 0.717) is 0 Å². The quantitative estimate of drug-likeness (QED) is 0.811. The number of rotatable bonds is 4. The summed E-state index contributed by atoms with van der Waals surface area (Å²) in [5.41, 5.74) is 0.942. The second-order valence-electron chi connectivity index (χ2n) is 7.30. The second kappa shape index (κ2) is 7.56. The van der Waals surface area contributed by atoms with E-state index in [1.54, 1.807) is 12.1 Å². The van der Waals surface area contributed by atoms with E-state index in [2.05, 4.69) is 17.1 Å². The summed E-state index contributed by atoms with van der Waals surface area (Å²) in [5.74, 6) is -0.225. The highest BCUT2D eigenvalue weighted by molar-refractivity contribution is 7.80. The minimum Gasteiger partial charge on any atom is -0.356 e. The summed E-state index contributed by atoms with van der Waals surface area (Å²) in [6.45, 7) is 7.12. The predicted octanol–water partition coefficient (Wildman–Crippen LogP) is 4.11. The van der Waals surface area contributed by atoms with Gasteiger partial charge in [-0.25, -0.2) is 4.39 Å². The van der Waals surface area contributed by atoms with Crippen LogP contribution in [0.4, 0.5) is 4.39 Å². The molecule has 2 unspecified atom stereocenters. The van der Waals surface area contributed by atoms with Gasteiger partial charge in [-0.1, -0.05) is 12.1 Å². The number of thiocarbonyl (C=S) groups is 1. The molecule has 25 heavy (non-hydrogen) atoms. The lowest BCUT2D eigenvalue weighted by Crippen LogP contribution is -2.59. The molecule has 2 saturated heterocycles. The maximum absolute atomic E-state index is 13.1. The highest BCUT2D eigenvalue weighted by Gasteiger charge is 2.41. The number of ether oxygens (including phenoxy) is 2. The van der Waals surface area contributed by atoms with Crippen LogP contribution in [0.2, 0.25) is 0 Å². The van der Waals surface area contributed by atoms with Gasteiger partial charge in [-0.05, 0) is 69.9 Å². The molecule has 2 fully saturated rings. The monoisotopic (exact) mass is 366 g/mol. The molecular weight excluding hydrogens is 339 g/mol. The van der Waals surface area contributed by atoms with E-state index in [1.165, 1.54) is 18.6 Å². The van der Waals surface area contributed by atoms with Gasteiger partial charge in [0.05, 0.1) is 6.04 Å².